The van der Waals surface area contributed by atoms with Gasteiger partial charge in [-0.15, -0.1) is 0 Å². The summed E-state index contributed by atoms with van der Waals surface area (Å²) in [5.74, 6) is -0.293. The largest absolute Gasteiger partial charge is 0.497 e. The topological polar surface area (TPSA) is 75.7 Å². The minimum atomic E-state index is -0.322. The highest BCUT2D eigenvalue weighted by molar-refractivity contribution is 6.21. The summed E-state index contributed by atoms with van der Waals surface area (Å²) in [4.78, 5) is 38.9. The molecule has 6 heteroatoms. The molecule has 0 fully saturated rings. The zero-order chi connectivity index (χ0) is 20.4. The molecule has 1 aliphatic heterocycles. The van der Waals surface area contributed by atoms with Crippen molar-refractivity contribution in [3.05, 3.63) is 95.1 Å². The molecule has 3 aromatic carbocycles. The third-order valence-electron chi connectivity index (χ3n) is 4.74. The van der Waals surface area contributed by atoms with Gasteiger partial charge in [-0.25, -0.2) is 0 Å². The first-order valence-electron chi connectivity index (χ1n) is 9.06. The highest BCUT2D eigenvalue weighted by Gasteiger charge is 2.34. The van der Waals surface area contributed by atoms with E-state index >= 15 is 0 Å². The predicted octanol–water partition coefficient (Wildman–Crippen LogP) is 3.74. The van der Waals surface area contributed by atoms with Crippen LogP contribution in [0.2, 0.25) is 0 Å². The Morgan fingerprint density at radius 3 is 2.28 bits per heavy atom. The van der Waals surface area contributed by atoms with Crippen LogP contribution >= 0.6 is 0 Å². The normalized spacial score (nSPS) is 12.7. The zero-order valence-corrected chi connectivity index (χ0v) is 15.7. The summed E-state index contributed by atoms with van der Waals surface area (Å²) >= 11 is 0. The van der Waals surface area contributed by atoms with E-state index in [9.17, 15) is 14.4 Å². The van der Waals surface area contributed by atoms with Crippen molar-refractivity contribution in [3.63, 3.8) is 0 Å². The lowest BCUT2D eigenvalue weighted by molar-refractivity contribution is 0.0642. The summed E-state index contributed by atoms with van der Waals surface area (Å²) in [6.07, 6.45) is 0. The molecular weight excluding hydrogens is 368 g/mol. The van der Waals surface area contributed by atoms with Gasteiger partial charge in [0.25, 0.3) is 17.7 Å². The molecule has 3 amide bonds. The molecule has 0 radical (unpaired) electrons. The van der Waals surface area contributed by atoms with E-state index in [1.54, 1.807) is 79.9 Å². The smallest absolute Gasteiger partial charge is 0.261 e. The maximum absolute atomic E-state index is 12.6. The van der Waals surface area contributed by atoms with Gasteiger partial charge < -0.3 is 10.1 Å². The number of imide groups is 1. The molecule has 1 aliphatic rings. The van der Waals surface area contributed by atoms with Crippen molar-refractivity contribution < 1.29 is 19.1 Å². The second-order valence-electron chi connectivity index (χ2n) is 6.63. The molecule has 0 atom stereocenters. The average Bonchev–Trinajstić information content (AvgIpc) is 2.99. The number of nitrogens with one attached hydrogen (secondary N) is 1. The van der Waals surface area contributed by atoms with E-state index in [4.69, 9.17) is 4.74 Å². The van der Waals surface area contributed by atoms with Crippen LogP contribution in [-0.4, -0.2) is 29.7 Å². The Labute approximate surface area is 167 Å². The summed E-state index contributed by atoms with van der Waals surface area (Å²) < 4.78 is 5.16. The van der Waals surface area contributed by atoms with E-state index in [-0.39, 0.29) is 24.3 Å². The first kappa shape index (κ1) is 18.4. The van der Waals surface area contributed by atoms with E-state index in [0.29, 0.717) is 33.7 Å². The molecule has 0 unspecified atom stereocenters. The Kier molecular flexibility index (Phi) is 4.83. The molecule has 3 aromatic rings. The number of hydrogen-bond acceptors (Lipinski definition) is 4. The fourth-order valence-electron chi connectivity index (χ4n) is 3.28. The lowest BCUT2D eigenvalue weighted by atomic mass is 10.1. The van der Waals surface area contributed by atoms with Gasteiger partial charge in [0.15, 0.2) is 0 Å². The summed E-state index contributed by atoms with van der Waals surface area (Å²) in [5.41, 5.74) is 2.55. The van der Waals surface area contributed by atoms with Gasteiger partial charge in [-0.05, 0) is 42.0 Å². The number of nitrogens with zero attached hydrogens (tertiary/aromatic N) is 1. The average molecular weight is 386 g/mol. The number of amides is 3. The van der Waals surface area contributed by atoms with Crippen molar-refractivity contribution in [2.75, 3.05) is 12.4 Å². The van der Waals surface area contributed by atoms with Gasteiger partial charge in [0, 0.05) is 17.3 Å². The molecule has 4 rings (SSSR count). The molecule has 6 nitrogen and oxygen atoms in total. The van der Waals surface area contributed by atoms with Crippen molar-refractivity contribution in [2.24, 2.45) is 0 Å². The van der Waals surface area contributed by atoms with E-state index in [0.717, 1.165) is 0 Å². The first-order valence-corrected chi connectivity index (χ1v) is 9.06. The molecule has 29 heavy (non-hydrogen) atoms. The van der Waals surface area contributed by atoms with Gasteiger partial charge in [-0.1, -0.05) is 30.3 Å². The van der Waals surface area contributed by atoms with Crippen molar-refractivity contribution >= 4 is 23.4 Å². The molecule has 144 valence electrons. The van der Waals surface area contributed by atoms with Crippen molar-refractivity contribution in [1.29, 1.82) is 0 Å². The summed E-state index contributed by atoms with van der Waals surface area (Å²) in [6.45, 7) is 0.104. The minimum absolute atomic E-state index is 0.104. The molecule has 1 heterocycles. The number of ether oxygens (including phenoxy) is 1. The second kappa shape index (κ2) is 7.59. The summed E-state index contributed by atoms with van der Waals surface area (Å²) in [5, 5.41) is 2.82. The Bertz CT molecular complexity index is 1090. The van der Waals surface area contributed by atoms with Crippen molar-refractivity contribution in [2.45, 2.75) is 6.54 Å². The van der Waals surface area contributed by atoms with Crippen LogP contribution in [0.4, 0.5) is 5.69 Å². The van der Waals surface area contributed by atoms with Crippen LogP contribution in [0.5, 0.6) is 5.75 Å². The van der Waals surface area contributed by atoms with Crippen LogP contribution in [0.1, 0.15) is 36.6 Å². The number of fused-ring (bicyclic) bond motifs is 1. The molecule has 0 saturated carbocycles. The standard InChI is InChI=1S/C23H18N2O4/c1-29-18-9-5-8-17(13-18)24-21(26)16-7-4-6-15(12-16)14-25-22(27)19-10-2-3-11-20(19)23(25)28/h2-13H,14H2,1H3,(H,24,26). The van der Waals surface area contributed by atoms with Crippen molar-refractivity contribution in [1.82, 2.24) is 4.90 Å². The second-order valence-corrected chi connectivity index (χ2v) is 6.63. The van der Waals surface area contributed by atoms with E-state index in [2.05, 4.69) is 5.32 Å². The molecule has 0 spiro atoms. The van der Waals surface area contributed by atoms with E-state index in [1.165, 1.54) is 4.90 Å². The first-order chi connectivity index (χ1) is 14.1. The number of carbonyl (C=O) groups excluding carboxylic acids is 3. The van der Waals surface area contributed by atoms with Crippen LogP contribution in [0.25, 0.3) is 0 Å². The number of benzene rings is 3. The van der Waals surface area contributed by atoms with Gasteiger partial charge in [0.1, 0.15) is 5.75 Å². The van der Waals surface area contributed by atoms with Crippen LogP contribution < -0.4 is 10.1 Å². The molecule has 0 saturated heterocycles. The minimum Gasteiger partial charge on any atom is -0.497 e. The van der Waals surface area contributed by atoms with Crippen LogP contribution in [0, 0.1) is 0 Å². The third kappa shape index (κ3) is 3.60. The van der Waals surface area contributed by atoms with Gasteiger partial charge in [0.05, 0.1) is 24.8 Å². The van der Waals surface area contributed by atoms with E-state index in [1.807, 2.05) is 0 Å². The summed E-state index contributed by atoms with van der Waals surface area (Å²) in [6, 6.07) is 20.7. The number of hydrogen-bond donors (Lipinski definition) is 1. The number of carbonyl (C=O) groups is 3. The molecule has 0 aromatic heterocycles. The van der Waals surface area contributed by atoms with Gasteiger partial charge >= 0.3 is 0 Å². The maximum atomic E-state index is 12.6. The number of rotatable bonds is 5. The fourth-order valence-corrected chi connectivity index (χ4v) is 3.28. The molecule has 1 N–H and O–H groups in total. The number of anilines is 1. The highest BCUT2D eigenvalue weighted by Crippen LogP contribution is 2.24. The van der Waals surface area contributed by atoms with Gasteiger partial charge in [-0.2, -0.15) is 0 Å². The molecular formula is C23H18N2O4. The Morgan fingerprint density at radius 1 is 0.897 bits per heavy atom. The van der Waals surface area contributed by atoms with Gasteiger partial charge in [0.2, 0.25) is 0 Å². The van der Waals surface area contributed by atoms with Crippen molar-refractivity contribution in [3.8, 4) is 5.75 Å². The third-order valence-corrected chi connectivity index (χ3v) is 4.74. The lowest BCUT2D eigenvalue weighted by Gasteiger charge is -2.14. The fraction of sp³-hybridized carbons (Fsp3) is 0.0870. The Morgan fingerprint density at radius 2 is 1.59 bits per heavy atom. The molecule has 0 aliphatic carbocycles. The van der Waals surface area contributed by atoms with Crippen LogP contribution in [-0.2, 0) is 6.54 Å². The summed E-state index contributed by atoms with van der Waals surface area (Å²) in [7, 11) is 1.56. The Hall–Kier alpha value is -3.93. The maximum Gasteiger partial charge on any atom is 0.261 e. The van der Waals surface area contributed by atoms with Crippen LogP contribution in [0.15, 0.2) is 72.8 Å². The van der Waals surface area contributed by atoms with Crippen LogP contribution in [0.3, 0.4) is 0 Å². The SMILES string of the molecule is COc1cccc(NC(=O)c2cccc(CN3C(=O)c4ccccc4C3=O)c2)c1. The predicted molar refractivity (Wildman–Crippen MR) is 108 cm³/mol. The number of methoxy groups -OCH3 is 1. The zero-order valence-electron chi connectivity index (χ0n) is 15.7. The highest BCUT2D eigenvalue weighted by atomic mass is 16.5. The monoisotopic (exact) mass is 386 g/mol. The molecule has 0 bridgehead atoms. The van der Waals surface area contributed by atoms with E-state index < -0.39 is 0 Å². The Balaban J connectivity index is 1.51. The quantitative estimate of drug-likeness (QED) is 0.678. The lowest BCUT2D eigenvalue weighted by Crippen LogP contribution is -2.29. The van der Waals surface area contributed by atoms with Gasteiger partial charge in [-0.3, -0.25) is 19.3 Å².